The maximum atomic E-state index is 12.6. The summed E-state index contributed by atoms with van der Waals surface area (Å²) < 4.78 is 0. The largest absolute Gasteiger partial charge is 0.355 e. The minimum Gasteiger partial charge on any atom is -0.355 e. The van der Waals surface area contributed by atoms with Crippen LogP contribution >= 0.6 is 0 Å². The number of carbonyl (C=O) groups is 2. The first kappa shape index (κ1) is 18.2. The van der Waals surface area contributed by atoms with Crippen molar-refractivity contribution in [1.29, 1.82) is 0 Å². The number of anilines is 1. The summed E-state index contributed by atoms with van der Waals surface area (Å²) in [5, 5.41) is 2.93. The molecule has 2 aromatic carbocycles. The van der Waals surface area contributed by atoms with Gasteiger partial charge in [-0.2, -0.15) is 0 Å². The Hall–Kier alpha value is -2.62. The summed E-state index contributed by atoms with van der Waals surface area (Å²) in [6, 6.07) is 18.2. The Morgan fingerprint density at radius 2 is 1.81 bits per heavy atom. The standard InChI is InChI=1S/C22H26N2O2/c1-2-17-10-12-19(13-11-17)24-16-14-20(22(24)26)21(25)23-15-6-9-18-7-4-3-5-8-18/h3-5,7-8,10-13,20H,2,6,9,14-16H2,1H3,(H,23,25)/t20-/m1/s1. The lowest BCUT2D eigenvalue weighted by Crippen LogP contribution is -2.37. The minimum absolute atomic E-state index is 0.0881. The van der Waals surface area contributed by atoms with Gasteiger partial charge in [0, 0.05) is 18.8 Å². The fraction of sp³-hybridized carbons (Fsp3) is 0.364. The molecule has 1 atom stereocenters. The van der Waals surface area contributed by atoms with Crippen LogP contribution in [-0.2, 0) is 22.4 Å². The Bertz CT molecular complexity index is 740. The van der Waals surface area contributed by atoms with Gasteiger partial charge in [-0.05, 0) is 48.9 Å². The summed E-state index contributed by atoms with van der Waals surface area (Å²) >= 11 is 0. The van der Waals surface area contributed by atoms with Crippen molar-refractivity contribution in [1.82, 2.24) is 5.32 Å². The third kappa shape index (κ3) is 4.31. The van der Waals surface area contributed by atoms with Crippen molar-refractivity contribution >= 4 is 17.5 Å². The van der Waals surface area contributed by atoms with E-state index in [2.05, 4.69) is 24.4 Å². The normalized spacial score (nSPS) is 16.7. The average Bonchev–Trinajstić information content (AvgIpc) is 3.07. The highest BCUT2D eigenvalue weighted by Gasteiger charge is 2.37. The second-order valence-electron chi connectivity index (χ2n) is 6.73. The van der Waals surface area contributed by atoms with Gasteiger partial charge in [-0.15, -0.1) is 0 Å². The molecular formula is C22H26N2O2. The molecule has 0 saturated carbocycles. The molecule has 1 aliphatic heterocycles. The summed E-state index contributed by atoms with van der Waals surface area (Å²) in [6.45, 7) is 3.31. The van der Waals surface area contributed by atoms with E-state index in [9.17, 15) is 9.59 Å². The van der Waals surface area contributed by atoms with E-state index in [0.717, 1.165) is 24.9 Å². The van der Waals surface area contributed by atoms with Crippen LogP contribution in [-0.4, -0.2) is 24.9 Å². The molecule has 2 aromatic rings. The van der Waals surface area contributed by atoms with Crippen LogP contribution in [0.15, 0.2) is 54.6 Å². The molecule has 0 bridgehead atoms. The van der Waals surface area contributed by atoms with Gasteiger partial charge in [-0.25, -0.2) is 0 Å². The zero-order valence-corrected chi connectivity index (χ0v) is 15.3. The van der Waals surface area contributed by atoms with E-state index in [4.69, 9.17) is 0 Å². The number of nitrogens with one attached hydrogen (secondary N) is 1. The molecule has 1 saturated heterocycles. The van der Waals surface area contributed by atoms with Crippen molar-refractivity contribution in [2.75, 3.05) is 18.0 Å². The van der Waals surface area contributed by atoms with Crippen molar-refractivity contribution in [3.8, 4) is 0 Å². The van der Waals surface area contributed by atoms with Crippen LogP contribution in [0.2, 0.25) is 0 Å². The van der Waals surface area contributed by atoms with Gasteiger partial charge in [-0.1, -0.05) is 49.4 Å². The topological polar surface area (TPSA) is 49.4 Å². The van der Waals surface area contributed by atoms with Crippen LogP contribution < -0.4 is 10.2 Å². The number of rotatable bonds is 7. The molecule has 4 heteroatoms. The summed E-state index contributed by atoms with van der Waals surface area (Å²) in [4.78, 5) is 26.7. The Balaban J connectivity index is 1.48. The zero-order chi connectivity index (χ0) is 18.4. The monoisotopic (exact) mass is 350 g/mol. The Labute approximate surface area is 155 Å². The second-order valence-corrected chi connectivity index (χ2v) is 6.73. The number of aryl methyl sites for hydroxylation is 2. The lowest BCUT2D eigenvalue weighted by atomic mass is 10.1. The summed E-state index contributed by atoms with van der Waals surface area (Å²) in [6.07, 6.45) is 3.36. The maximum Gasteiger partial charge on any atom is 0.239 e. The lowest BCUT2D eigenvalue weighted by molar-refractivity contribution is -0.132. The highest BCUT2D eigenvalue weighted by Crippen LogP contribution is 2.25. The van der Waals surface area contributed by atoms with E-state index in [1.807, 2.05) is 42.5 Å². The van der Waals surface area contributed by atoms with Gasteiger partial charge in [0.25, 0.3) is 0 Å². The molecule has 0 unspecified atom stereocenters. The van der Waals surface area contributed by atoms with Crippen molar-refractivity contribution in [2.45, 2.75) is 32.6 Å². The fourth-order valence-electron chi connectivity index (χ4n) is 3.36. The SMILES string of the molecule is CCc1ccc(N2CC[C@H](C(=O)NCCCc3ccccc3)C2=O)cc1. The molecule has 1 N–H and O–H groups in total. The van der Waals surface area contributed by atoms with E-state index in [0.29, 0.717) is 19.5 Å². The molecule has 4 nitrogen and oxygen atoms in total. The van der Waals surface area contributed by atoms with Crippen LogP contribution in [0.25, 0.3) is 0 Å². The van der Waals surface area contributed by atoms with Crippen LogP contribution in [0.1, 0.15) is 30.9 Å². The van der Waals surface area contributed by atoms with Gasteiger partial charge in [0.2, 0.25) is 11.8 Å². The van der Waals surface area contributed by atoms with Crippen molar-refractivity contribution < 1.29 is 9.59 Å². The zero-order valence-electron chi connectivity index (χ0n) is 15.3. The Morgan fingerprint density at radius 1 is 1.08 bits per heavy atom. The highest BCUT2D eigenvalue weighted by molar-refractivity contribution is 6.09. The van der Waals surface area contributed by atoms with E-state index in [1.165, 1.54) is 11.1 Å². The lowest BCUT2D eigenvalue weighted by Gasteiger charge is -2.17. The molecule has 26 heavy (non-hydrogen) atoms. The van der Waals surface area contributed by atoms with Crippen LogP contribution in [0.5, 0.6) is 0 Å². The third-order valence-corrected chi connectivity index (χ3v) is 4.96. The van der Waals surface area contributed by atoms with Crippen LogP contribution in [0, 0.1) is 5.92 Å². The predicted octanol–water partition coefficient (Wildman–Crippen LogP) is 3.35. The number of carbonyl (C=O) groups excluding carboxylic acids is 2. The molecule has 1 fully saturated rings. The van der Waals surface area contributed by atoms with Gasteiger partial charge in [-0.3, -0.25) is 9.59 Å². The summed E-state index contributed by atoms with van der Waals surface area (Å²) in [7, 11) is 0. The van der Waals surface area contributed by atoms with Crippen molar-refractivity contribution in [3.63, 3.8) is 0 Å². The predicted molar refractivity (Wildman–Crippen MR) is 104 cm³/mol. The number of nitrogens with zero attached hydrogens (tertiary/aromatic N) is 1. The molecule has 136 valence electrons. The average molecular weight is 350 g/mol. The molecule has 0 radical (unpaired) electrons. The quantitative estimate of drug-likeness (QED) is 0.615. The Morgan fingerprint density at radius 3 is 2.50 bits per heavy atom. The van der Waals surface area contributed by atoms with E-state index in [-0.39, 0.29) is 11.8 Å². The maximum absolute atomic E-state index is 12.6. The molecule has 2 amide bonds. The number of hydrogen-bond donors (Lipinski definition) is 1. The van der Waals surface area contributed by atoms with Crippen LogP contribution in [0.3, 0.4) is 0 Å². The van der Waals surface area contributed by atoms with Crippen molar-refractivity contribution in [2.24, 2.45) is 5.92 Å². The Kier molecular flexibility index (Phi) is 6.05. The fourth-order valence-corrected chi connectivity index (χ4v) is 3.36. The number of hydrogen-bond acceptors (Lipinski definition) is 2. The molecule has 0 aromatic heterocycles. The molecule has 1 heterocycles. The molecular weight excluding hydrogens is 324 g/mol. The van der Waals surface area contributed by atoms with Gasteiger partial charge >= 0.3 is 0 Å². The third-order valence-electron chi connectivity index (χ3n) is 4.96. The summed E-state index contributed by atoms with van der Waals surface area (Å²) in [5.41, 5.74) is 3.39. The van der Waals surface area contributed by atoms with Gasteiger partial charge in [0.1, 0.15) is 5.92 Å². The van der Waals surface area contributed by atoms with Gasteiger partial charge in [0.15, 0.2) is 0 Å². The van der Waals surface area contributed by atoms with E-state index in [1.54, 1.807) is 4.90 Å². The number of benzene rings is 2. The molecule has 3 rings (SSSR count). The van der Waals surface area contributed by atoms with Crippen LogP contribution in [0.4, 0.5) is 5.69 Å². The van der Waals surface area contributed by atoms with E-state index < -0.39 is 5.92 Å². The van der Waals surface area contributed by atoms with Gasteiger partial charge < -0.3 is 10.2 Å². The molecule has 1 aliphatic rings. The smallest absolute Gasteiger partial charge is 0.239 e. The first-order chi connectivity index (χ1) is 12.7. The molecule has 0 aliphatic carbocycles. The second kappa shape index (κ2) is 8.65. The van der Waals surface area contributed by atoms with E-state index >= 15 is 0 Å². The first-order valence-electron chi connectivity index (χ1n) is 9.41. The summed E-state index contributed by atoms with van der Waals surface area (Å²) in [5.74, 6) is -0.789. The first-order valence-corrected chi connectivity index (χ1v) is 9.41. The minimum atomic E-state index is -0.558. The molecule has 0 spiro atoms. The van der Waals surface area contributed by atoms with Crippen molar-refractivity contribution in [3.05, 3.63) is 65.7 Å². The highest BCUT2D eigenvalue weighted by atomic mass is 16.2. The number of amides is 2. The van der Waals surface area contributed by atoms with Gasteiger partial charge in [0.05, 0.1) is 0 Å².